The van der Waals surface area contributed by atoms with E-state index in [4.69, 9.17) is 14.4 Å². The highest BCUT2D eigenvalue weighted by Crippen LogP contribution is 2.32. The van der Waals surface area contributed by atoms with Crippen LogP contribution in [0.2, 0.25) is 0 Å². The Hall–Kier alpha value is -2.90. The minimum absolute atomic E-state index is 0.0470. The zero-order valence-corrected chi connectivity index (χ0v) is 12.7. The Bertz CT molecular complexity index is 749. The molecule has 0 fully saturated rings. The molecule has 0 atom stereocenters. The highest BCUT2D eigenvalue weighted by atomic mass is 19.1. The number of aromatic nitrogens is 1. The standard InChI is InChI=1S/C15H15FN2O5/c1-15(2,3)22-14(21)18-11-5-4-8(16)6-9(11)12-10(13(19)20)7-17-23-12/h4-7H,1-3H3,(H,18,21)(H,19,20). The molecular weight excluding hydrogens is 307 g/mol. The average molecular weight is 322 g/mol. The van der Waals surface area contributed by atoms with Gasteiger partial charge in [0.25, 0.3) is 0 Å². The first-order valence-corrected chi connectivity index (χ1v) is 6.65. The van der Waals surface area contributed by atoms with Crippen LogP contribution in [-0.2, 0) is 4.74 Å². The van der Waals surface area contributed by atoms with Crippen molar-refractivity contribution in [2.45, 2.75) is 26.4 Å². The molecule has 0 aliphatic rings. The van der Waals surface area contributed by atoms with Crippen LogP contribution in [0, 0.1) is 5.82 Å². The van der Waals surface area contributed by atoms with Gasteiger partial charge in [-0.2, -0.15) is 0 Å². The fourth-order valence-electron chi connectivity index (χ4n) is 1.81. The van der Waals surface area contributed by atoms with Crippen LogP contribution in [0.5, 0.6) is 0 Å². The Labute approximate surface area is 131 Å². The SMILES string of the molecule is CC(C)(C)OC(=O)Nc1ccc(F)cc1-c1oncc1C(=O)O. The minimum Gasteiger partial charge on any atom is -0.477 e. The molecule has 8 heteroatoms. The molecule has 0 saturated carbocycles. The van der Waals surface area contributed by atoms with Gasteiger partial charge in [-0.25, -0.2) is 14.0 Å². The molecular formula is C15H15FN2O5. The second-order valence-corrected chi connectivity index (χ2v) is 5.69. The van der Waals surface area contributed by atoms with Crippen LogP contribution in [0.15, 0.2) is 28.9 Å². The van der Waals surface area contributed by atoms with Crippen LogP contribution < -0.4 is 5.32 Å². The summed E-state index contributed by atoms with van der Waals surface area (Å²) in [5, 5.41) is 15.0. The molecule has 1 amide bonds. The lowest BCUT2D eigenvalue weighted by atomic mass is 10.1. The predicted molar refractivity (Wildman–Crippen MR) is 78.7 cm³/mol. The second kappa shape index (κ2) is 6.07. The Morgan fingerprint density at radius 2 is 2.04 bits per heavy atom. The average Bonchev–Trinajstić information content (AvgIpc) is 2.87. The summed E-state index contributed by atoms with van der Waals surface area (Å²) in [5.41, 5.74) is -0.781. The molecule has 7 nitrogen and oxygen atoms in total. The van der Waals surface area contributed by atoms with Gasteiger partial charge in [-0.3, -0.25) is 5.32 Å². The fraction of sp³-hybridized carbons (Fsp3) is 0.267. The molecule has 0 radical (unpaired) electrons. The van der Waals surface area contributed by atoms with E-state index in [1.165, 1.54) is 6.07 Å². The fourth-order valence-corrected chi connectivity index (χ4v) is 1.81. The summed E-state index contributed by atoms with van der Waals surface area (Å²) in [6, 6.07) is 3.44. The smallest absolute Gasteiger partial charge is 0.412 e. The Morgan fingerprint density at radius 3 is 2.65 bits per heavy atom. The zero-order chi connectivity index (χ0) is 17.2. The number of nitrogens with zero attached hydrogens (tertiary/aromatic N) is 1. The number of halogens is 1. The van der Waals surface area contributed by atoms with Crippen LogP contribution in [0.25, 0.3) is 11.3 Å². The summed E-state index contributed by atoms with van der Waals surface area (Å²) in [7, 11) is 0. The van der Waals surface area contributed by atoms with Crippen molar-refractivity contribution in [2.75, 3.05) is 5.32 Å². The Kier molecular flexibility index (Phi) is 4.35. The number of benzene rings is 1. The minimum atomic E-state index is -1.28. The van der Waals surface area contributed by atoms with E-state index in [2.05, 4.69) is 10.5 Å². The summed E-state index contributed by atoms with van der Waals surface area (Å²) in [6.07, 6.45) is 0.238. The number of amides is 1. The van der Waals surface area contributed by atoms with Crippen molar-refractivity contribution in [1.29, 1.82) is 0 Å². The molecule has 2 N–H and O–H groups in total. The third-order valence-corrected chi connectivity index (χ3v) is 2.66. The molecule has 1 aromatic heterocycles. The van der Waals surface area contributed by atoms with Crippen molar-refractivity contribution in [3.8, 4) is 11.3 Å². The summed E-state index contributed by atoms with van der Waals surface area (Å²) in [5.74, 6) is -2.07. The van der Waals surface area contributed by atoms with Gasteiger partial charge in [0.1, 0.15) is 17.0 Å². The molecule has 0 bridgehead atoms. The number of carbonyl (C=O) groups excluding carboxylic acids is 1. The molecule has 1 heterocycles. The first-order valence-electron chi connectivity index (χ1n) is 6.65. The molecule has 2 rings (SSSR count). The Balaban J connectivity index is 2.40. The number of carbonyl (C=O) groups is 2. The van der Waals surface area contributed by atoms with Gasteiger partial charge in [0.2, 0.25) is 0 Å². The van der Waals surface area contributed by atoms with Gasteiger partial charge in [-0.05, 0) is 39.0 Å². The van der Waals surface area contributed by atoms with Gasteiger partial charge in [0.15, 0.2) is 5.76 Å². The summed E-state index contributed by atoms with van der Waals surface area (Å²) < 4.78 is 23.5. The van der Waals surface area contributed by atoms with Crippen LogP contribution in [-0.4, -0.2) is 27.9 Å². The number of hydrogen-bond donors (Lipinski definition) is 2. The second-order valence-electron chi connectivity index (χ2n) is 5.69. The van der Waals surface area contributed by atoms with E-state index in [9.17, 15) is 14.0 Å². The number of ether oxygens (including phenoxy) is 1. The third kappa shape index (κ3) is 4.06. The number of nitrogens with one attached hydrogen (secondary N) is 1. The number of aromatic carboxylic acids is 1. The van der Waals surface area contributed by atoms with E-state index in [0.717, 1.165) is 18.3 Å². The lowest BCUT2D eigenvalue weighted by Crippen LogP contribution is -2.27. The van der Waals surface area contributed by atoms with Crippen molar-refractivity contribution in [3.63, 3.8) is 0 Å². The largest absolute Gasteiger partial charge is 0.477 e. The van der Waals surface area contributed by atoms with E-state index < -0.39 is 23.5 Å². The van der Waals surface area contributed by atoms with Crippen molar-refractivity contribution < 1.29 is 28.3 Å². The molecule has 1 aromatic carbocycles. The number of carboxylic acid groups (broad SMARTS) is 1. The third-order valence-electron chi connectivity index (χ3n) is 2.66. The summed E-state index contributed by atoms with van der Waals surface area (Å²) in [4.78, 5) is 23.0. The number of rotatable bonds is 3. The zero-order valence-electron chi connectivity index (χ0n) is 12.7. The van der Waals surface area contributed by atoms with Gasteiger partial charge in [0.05, 0.1) is 11.9 Å². The van der Waals surface area contributed by atoms with E-state index in [-0.39, 0.29) is 22.6 Å². The first kappa shape index (κ1) is 16.5. The molecule has 122 valence electrons. The number of carboxylic acids is 1. The maximum Gasteiger partial charge on any atom is 0.412 e. The monoisotopic (exact) mass is 322 g/mol. The van der Waals surface area contributed by atoms with Crippen LogP contribution in [0.4, 0.5) is 14.9 Å². The maximum atomic E-state index is 13.5. The highest BCUT2D eigenvalue weighted by molar-refractivity contribution is 5.98. The molecule has 0 aliphatic carbocycles. The predicted octanol–water partition coefficient (Wildman–Crippen LogP) is 3.53. The van der Waals surface area contributed by atoms with Crippen LogP contribution in [0.1, 0.15) is 31.1 Å². The quantitative estimate of drug-likeness (QED) is 0.896. The van der Waals surface area contributed by atoms with Gasteiger partial charge < -0.3 is 14.4 Å². The van der Waals surface area contributed by atoms with Crippen molar-refractivity contribution in [3.05, 3.63) is 35.8 Å². The normalized spacial score (nSPS) is 11.1. The molecule has 2 aromatic rings. The Morgan fingerprint density at radius 1 is 1.35 bits per heavy atom. The van der Waals surface area contributed by atoms with Crippen molar-refractivity contribution in [2.24, 2.45) is 0 Å². The maximum absolute atomic E-state index is 13.5. The summed E-state index contributed by atoms with van der Waals surface area (Å²) in [6.45, 7) is 5.07. The van der Waals surface area contributed by atoms with E-state index >= 15 is 0 Å². The van der Waals surface area contributed by atoms with Crippen LogP contribution >= 0.6 is 0 Å². The number of hydrogen-bond acceptors (Lipinski definition) is 5. The van der Waals surface area contributed by atoms with Gasteiger partial charge in [-0.15, -0.1) is 0 Å². The first-order chi connectivity index (χ1) is 10.7. The molecule has 0 saturated heterocycles. The van der Waals surface area contributed by atoms with Gasteiger partial charge in [0, 0.05) is 5.56 Å². The number of anilines is 1. The lowest BCUT2D eigenvalue weighted by Gasteiger charge is -2.20. The van der Waals surface area contributed by atoms with Crippen molar-refractivity contribution in [1.82, 2.24) is 5.16 Å². The van der Waals surface area contributed by atoms with Gasteiger partial charge in [-0.1, -0.05) is 5.16 Å². The molecule has 0 unspecified atom stereocenters. The van der Waals surface area contributed by atoms with E-state index in [1.54, 1.807) is 20.8 Å². The molecule has 0 spiro atoms. The lowest BCUT2D eigenvalue weighted by molar-refractivity contribution is 0.0634. The van der Waals surface area contributed by atoms with E-state index in [1.807, 2.05) is 0 Å². The molecule has 0 aliphatic heterocycles. The molecule has 23 heavy (non-hydrogen) atoms. The summed E-state index contributed by atoms with van der Waals surface area (Å²) >= 11 is 0. The van der Waals surface area contributed by atoms with Gasteiger partial charge >= 0.3 is 12.1 Å². The highest BCUT2D eigenvalue weighted by Gasteiger charge is 2.22. The van der Waals surface area contributed by atoms with Crippen LogP contribution in [0.3, 0.4) is 0 Å². The van der Waals surface area contributed by atoms with Crippen molar-refractivity contribution >= 4 is 17.7 Å². The topological polar surface area (TPSA) is 102 Å². The van der Waals surface area contributed by atoms with E-state index in [0.29, 0.717) is 0 Å².